The number of rotatable bonds is 7. The quantitative estimate of drug-likeness (QED) is 0.766. The molecule has 1 amide bonds. The molecule has 2 aromatic rings. The van der Waals surface area contributed by atoms with E-state index in [9.17, 15) is 4.79 Å². The van der Waals surface area contributed by atoms with E-state index in [2.05, 4.69) is 15.5 Å². The Morgan fingerprint density at radius 1 is 1.08 bits per heavy atom. The highest BCUT2D eigenvalue weighted by Gasteiger charge is 2.13. The summed E-state index contributed by atoms with van der Waals surface area (Å²) in [6.45, 7) is 3.26. The highest BCUT2D eigenvalue weighted by atomic mass is 16.5. The topological polar surface area (TPSA) is 64.1 Å². The summed E-state index contributed by atoms with van der Waals surface area (Å²) in [7, 11) is 0. The molecular weight excluding hydrogens is 326 g/mol. The lowest BCUT2D eigenvalue weighted by atomic mass is 9.98. The van der Waals surface area contributed by atoms with Crippen molar-refractivity contribution in [3.63, 3.8) is 0 Å². The Labute approximate surface area is 155 Å². The molecule has 0 saturated heterocycles. The van der Waals surface area contributed by atoms with Gasteiger partial charge in [-0.1, -0.05) is 31.4 Å². The van der Waals surface area contributed by atoms with E-state index < -0.39 is 0 Å². The van der Waals surface area contributed by atoms with Gasteiger partial charge in [-0.2, -0.15) is 10.2 Å². The first-order valence-corrected chi connectivity index (χ1v) is 9.53. The Morgan fingerprint density at radius 2 is 1.85 bits per heavy atom. The molecular formula is C21H27N3O2. The first kappa shape index (κ1) is 18.5. The first-order valence-electron chi connectivity index (χ1n) is 9.53. The number of benzene rings is 1. The van der Waals surface area contributed by atoms with Gasteiger partial charge in [-0.15, -0.1) is 0 Å². The van der Waals surface area contributed by atoms with Gasteiger partial charge in [0.25, 0.3) is 5.91 Å². The lowest BCUT2D eigenvalue weighted by Gasteiger charge is -2.21. The van der Waals surface area contributed by atoms with Crippen LogP contribution in [-0.4, -0.2) is 35.4 Å². The third-order valence-corrected chi connectivity index (χ3v) is 4.75. The van der Waals surface area contributed by atoms with Gasteiger partial charge in [-0.3, -0.25) is 4.79 Å². The summed E-state index contributed by atoms with van der Waals surface area (Å²) in [5.41, 5.74) is 3.30. The maximum Gasteiger partial charge on any atom is 0.251 e. The Kier molecular flexibility index (Phi) is 6.72. The summed E-state index contributed by atoms with van der Waals surface area (Å²) < 4.78 is 5.88. The minimum Gasteiger partial charge on any atom is -0.378 e. The van der Waals surface area contributed by atoms with E-state index in [-0.39, 0.29) is 5.91 Å². The van der Waals surface area contributed by atoms with Crippen LogP contribution in [-0.2, 0) is 4.74 Å². The predicted octanol–water partition coefficient (Wildman–Crippen LogP) is 3.92. The van der Waals surface area contributed by atoms with E-state index >= 15 is 0 Å². The second kappa shape index (κ2) is 9.43. The lowest BCUT2D eigenvalue weighted by molar-refractivity contribution is 0.0273. The summed E-state index contributed by atoms with van der Waals surface area (Å²) in [4.78, 5) is 12.2. The van der Waals surface area contributed by atoms with Crippen molar-refractivity contribution in [3.8, 4) is 11.3 Å². The van der Waals surface area contributed by atoms with Crippen LogP contribution in [0.15, 0.2) is 36.4 Å². The van der Waals surface area contributed by atoms with Gasteiger partial charge in [-0.05, 0) is 50.5 Å². The summed E-state index contributed by atoms with van der Waals surface area (Å²) in [5.74, 6) is -0.0517. The number of amides is 1. The molecule has 0 spiro atoms. The molecule has 1 fully saturated rings. The number of hydrogen-bond donors (Lipinski definition) is 1. The average molecular weight is 353 g/mol. The third-order valence-electron chi connectivity index (χ3n) is 4.75. The Morgan fingerprint density at radius 3 is 2.54 bits per heavy atom. The Bertz CT molecular complexity index is 692. The lowest BCUT2D eigenvalue weighted by Crippen LogP contribution is -2.26. The minimum absolute atomic E-state index is 0.0517. The maximum atomic E-state index is 12.2. The van der Waals surface area contributed by atoms with Gasteiger partial charge in [0.1, 0.15) is 0 Å². The number of aryl methyl sites for hydroxylation is 1. The average Bonchev–Trinajstić information content (AvgIpc) is 2.69. The molecule has 0 atom stereocenters. The van der Waals surface area contributed by atoms with E-state index in [1.54, 1.807) is 0 Å². The fourth-order valence-corrected chi connectivity index (χ4v) is 3.20. The second-order valence-electron chi connectivity index (χ2n) is 6.88. The zero-order chi connectivity index (χ0) is 18.2. The molecule has 1 N–H and O–H groups in total. The standard InChI is InChI=1S/C21H27N3O2/c1-16-8-13-20(24-23-16)17-9-11-18(12-10-17)21(25)22-14-5-15-26-19-6-3-2-4-7-19/h8-13,19H,2-7,14-15H2,1H3,(H,22,25). The van der Waals surface area contributed by atoms with Crippen molar-refractivity contribution >= 4 is 5.91 Å². The van der Waals surface area contributed by atoms with Crippen LogP contribution in [0.4, 0.5) is 0 Å². The molecule has 1 aromatic heterocycles. The van der Waals surface area contributed by atoms with E-state index in [0.29, 0.717) is 18.2 Å². The Hall–Kier alpha value is -2.27. The van der Waals surface area contributed by atoms with Gasteiger partial charge >= 0.3 is 0 Å². The van der Waals surface area contributed by atoms with Crippen LogP contribution in [0.25, 0.3) is 11.3 Å². The van der Waals surface area contributed by atoms with E-state index in [0.717, 1.165) is 30.0 Å². The smallest absolute Gasteiger partial charge is 0.251 e. The minimum atomic E-state index is -0.0517. The zero-order valence-corrected chi connectivity index (χ0v) is 15.4. The Balaban J connectivity index is 1.41. The number of nitrogens with zero attached hydrogens (tertiary/aromatic N) is 2. The van der Waals surface area contributed by atoms with Gasteiger partial charge in [0, 0.05) is 24.3 Å². The monoisotopic (exact) mass is 353 g/mol. The molecule has 0 unspecified atom stereocenters. The van der Waals surface area contributed by atoms with Gasteiger partial charge < -0.3 is 10.1 Å². The van der Waals surface area contributed by atoms with Crippen LogP contribution in [0.1, 0.15) is 54.6 Å². The largest absolute Gasteiger partial charge is 0.378 e. The van der Waals surface area contributed by atoms with Crippen molar-refractivity contribution in [3.05, 3.63) is 47.7 Å². The molecule has 1 saturated carbocycles. The van der Waals surface area contributed by atoms with Gasteiger partial charge in [0.2, 0.25) is 0 Å². The number of ether oxygens (including phenoxy) is 1. The molecule has 5 heteroatoms. The van der Waals surface area contributed by atoms with E-state index in [4.69, 9.17) is 4.74 Å². The number of aromatic nitrogens is 2. The van der Waals surface area contributed by atoms with Crippen molar-refractivity contribution in [2.75, 3.05) is 13.2 Å². The van der Waals surface area contributed by atoms with Gasteiger partial charge in [0.05, 0.1) is 17.5 Å². The molecule has 3 rings (SSSR count). The van der Waals surface area contributed by atoms with Crippen LogP contribution in [0, 0.1) is 6.92 Å². The van der Waals surface area contributed by atoms with Crippen molar-refractivity contribution in [2.24, 2.45) is 0 Å². The van der Waals surface area contributed by atoms with Crippen LogP contribution in [0.3, 0.4) is 0 Å². The fourth-order valence-electron chi connectivity index (χ4n) is 3.20. The number of hydrogen-bond acceptors (Lipinski definition) is 4. The third kappa shape index (κ3) is 5.36. The van der Waals surface area contributed by atoms with Gasteiger partial charge in [-0.25, -0.2) is 0 Å². The summed E-state index contributed by atoms with van der Waals surface area (Å²) in [6, 6.07) is 11.3. The maximum absolute atomic E-state index is 12.2. The molecule has 138 valence electrons. The summed E-state index contributed by atoms with van der Waals surface area (Å²) in [5, 5.41) is 11.2. The molecule has 1 aliphatic carbocycles. The van der Waals surface area contributed by atoms with Gasteiger partial charge in [0.15, 0.2) is 0 Å². The molecule has 1 heterocycles. The van der Waals surface area contributed by atoms with Crippen molar-refractivity contribution in [1.29, 1.82) is 0 Å². The summed E-state index contributed by atoms with van der Waals surface area (Å²) >= 11 is 0. The summed E-state index contributed by atoms with van der Waals surface area (Å²) in [6.07, 6.45) is 7.55. The first-order chi connectivity index (χ1) is 12.7. The number of nitrogens with one attached hydrogen (secondary N) is 1. The van der Waals surface area contributed by atoms with Crippen molar-refractivity contribution in [1.82, 2.24) is 15.5 Å². The number of carbonyl (C=O) groups is 1. The molecule has 0 radical (unpaired) electrons. The second-order valence-corrected chi connectivity index (χ2v) is 6.88. The number of carbonyl (C=O) groups excluding carboxylic acids is 1. The SMILES string of the molecule is Cc1ccc(-c2ccc(C(=O)NCCCOC3CCCCC3)cc2)nn1. The van der Waals surface area contributed by atoms with E-state index in [1.165, 1.54) is 32.1 Å². The molecule has 1 aromatic carbocycles. The molecule has 5 nitrogen and oxygen atoms in total. The highest BCUT2D eigenvalue weighted by Crippen LogP contribution is 2.20. The molecule has 0 aliphatic heterocycles. The van der Waals surface area contributed by atoms with Crippen LogP contribution in [0.2, 0.25) is 0 Å². The normalized spacial score (nSPS) is 15.0. The predicted molar refractivity (Wildman–Crippen MR) is 102 cm³/mol. The van der Waals surface area contributed by atoms with Crippen molar-refractivity contribution < 1.29 is 9.53 Å². The highest BCUT2D eigenvalue weighted by molar-refractivity contribution is 5.94. The van der Waals surface area contributed by atoms with Crippen LogP contribution >= 0.6 is 0 Å². The van der Waals surface area contributed by atoms with Crippen molar-refractivity contribution in [2.45, 2.75) is 51.6 Å². The zero-order valence-electron chi connectivity index (χ0n) is 15.4. The van der Waals surface area contributed by atoms with Crippen LogP contribution < -0.4 is 5.32 Å². The van der Waals surface area contributed by atoms with E-state index in [1.807, 2.05) is 43.3 Å². The molecule has 1 aliphatic rings. The fraction of sp³-hybridized carbons (Fsp3) is 0.476. The molecule has 0 bridgehead atoms. The molecule has 26 heavy (non-hydrogen) atoms. The van der Waals surface area contributed by atoms with Crippen LogP contribution in [0.5, 0.6) is 0 Å².